The zero-order valence-corrected chi connectivity index (χ0v) is 19.3. The highest BCUT2D eigenvalue weighted by Crippen LogP contribution is 2.39. The van der Waals surface area contributed by atoms with Gasteiger partial charge in [0.25, 0.3) is 5.56 Å². The van der Waals surface area contributed by atoms with Crippen molar-refractivity contribution in [1.29, 1.82) is 0 Å². The van der Waals surface area contributed by atoms with Gasteiger partial charge in [-0.2, -0.15) is 4.68 Å². The van der Waals surface area contributed by atoms with E-state index in [1.807, 2.05) is 52.8 Å². The summed E-state index contributed by atoms with van der Waals surface area (Å²) in [6, 6.07) is 9.47. The molecule has 0 unspecified atom stereocenters. The summed E-state index contributed by atoms with van der Waals surface area (Å²) >= 11 is 0. The average Bonchev–Trinajstić information content (AvgIpc) is 3.35. The molecular formula is C25H24N8O. The number of fused-ring (bicyclic) bond motifs is 1. The number of rotatable bonds is 5. The lowest BCUT2D eigenvalue weighted by Gasteiger charge is -2.12. The van der Waals surface area contributed by atoms with Crippen LogP contribution in [0.4, 0.5) is 0 Å². The Balaban J connectivity index is 1.45. The maximum Gasteiger partial charge on any atom is 0.283 e. The van der Waals surface area contributed by atoms with Crippen LogP contribution in [0.5, 0.6) is 0 Å². The number of pyridine rings is 1. The van der Waals surface area contributed by atoms with Crippen molar-refractivity contribution in [2.75, 3.05) is 0 Å². The Kier molecular flexibility index (Phi) is 4.65. The molecular weight excluding hydrogens is 428 g/mol. The van der Waals surface area contributed by atoms with Crippen LogP contribution in [0.3, 0.4) is 0 Å². The molecule has 0 saturated heterocycles. The zero-order chi connectivity index (χ0) is 23.4. The van der Waals surface area contributed by atoms with Gasteiger partial charge >= 0.3 is 0 Å². The fourth-order valence-electron chi connectivity index (χ4n) is 4.26. The Morgan fingerprint density at radius 2 is 1.97 bits per heavy atom. The van der Waals surface area contributed by atoms with Gasteiger partial charge in [0.1, 0.15) is 11.2 Å². The first-order valence-corrected chi connectivity index (χ1v) is 11.4. The molecule has 0 spiro atoms. The molecule has 0 atom stereocenters. The van der Waals surface area contributed by atoms with Crippen LogP contribution in [-0.4, -0.2) is 39.1 Å². The maximum absolute atomic E-state index is 13.5. The van der Waals surface area contributed by atoms with Crippen LogP contribution < -0.4 is 5.56 Å². The van der Waals surface area contributed by atoms with Crippen LogP contribution in [0.1, 0.15) is 49.9 Å². The summed E-state index contributed by atoms with van der Waals surface area (Å²) < 4.78 is 5.27. The molecule has 9 nitrogen and oxygen atoms in total. The minimum atomic E-state index is -0.273. The molecule has 0 radical (unpaired) electrons. The van der Waals surface area contributed by atoms with E-state index in [-0.39, 0.29) is 11.6 Å². The van der Waals surface area contributed by atoms with Crippen LogP contribution in [0.2, 0.25) is 0 Å². The fraction of sp³-hybridized carbons (Fsp3) is 0.280. The summed E-state index contributed by atoms with van der Waals surface area (Å²) in [4.78, 5) is 27.2. The van der Waals surface area contributed by atoms with E-state index in [9.17, 15) is 4.79 Å². The van der Waals surface area contributed by atoms with Gasteiger partial charge in [0, 0.05) is 30.6 Å². The minimum absolute atomic E-state index is 0.233. The number of nitrogens with zero attached hydrogens (tertiary/aromatic N) is 8. The van der Waals surface area contributed by atoms with E-state index in [1.54, 1.807) is 12.3 Å². The molecule has 1 saturated carbocycles. The summed E-state index contributed by atoms with van der Waals surface area (Å²) in [5.74, 6) is 1.70. The number of benzene rings is 1. The minimum Gasteiger partial charge on any atom is -0.327 e. The van der Waals surface area contributed by atoms with Crippen LogP contribution in [0, 0.1) is 6.92 Å². The zero-order valence-electron chi connectivity index (χ0n) is 19.3. The van der Waals surface area contributed by atoms with E-state index in [0.29, 0.717) is 28.3 Å². The smallest absolute Gasteiger partial charge is 0.283 e. The van der Waals surface area contributed by atoms with Crippen molar-refractivity contribution in [2.45, 2.75) is 45.6 Å². The molecule has 9 heteroatoms. The Labute approximate surface area is 195 Å². The van der Waals surface area contributed by atoms with Crippen molar-refractivity contribution in [2.24, 2.45) is 0 Å². The molecule has 170 valence electrons. The summed E-state index contributed by atoms with van der Waals surface area (Å²) in [5, 5.41) is 8.98. The van der Waals surface area contributed by atoms with Gasteiger partial charge < -0.3 is 9.13 Å². The third-order valence-electron chi connectivity index (χ3n) is 6.26. The average molecular weight is 453 g/mol. The first-order valence-electron chi connectivity index (χ1n) is 11.4. The molecule has 34 heavy (non-hydrogen) atoms. The van der Waals surface area contributed by atoms with Crippen LogP contribution in [0.25, 0.3) is 33.9 Å². The van der Waals surface area contributed by atoms with Crippen molar-refractivity contribution in [3.8, 4) is 23.0 Å². The molecule has 5 aromatic rings. The highest BCUT2D eigenvalue weighted by Gasteiger charge is 2.26. The van der Waals surface area contributed by atoms with Crippen LogP contribution in [0.15, 0.2) is 60.0 Å². The fourth-order valence-corrected chi connectivity index (χ4v) is 4.26. The second-order valence-corrected chi connectivity index (χ2v) is 9.08. The van der Waals surface area contributed by atoms with Gasteiger partial charge in [-0.3, -0.25) is 4.79 Å². The normalized spacial score (nSPS) is 13.8. The maximum atomic E-state index is 13.5. The van der Waals surface area contributed by atoms with Gasteiger partial charge in [0.05, 0.1) is 23.1 Å². The predicted molar refractivity (Wildman–Crippen MR) is 128 cm³/mol. The summed E-state index contributed by atoms with van der Waals surface area (Å²) in [7, 11) is 0. The lowest BCUT2D eigenvalue weighted by atomic mass is 10.1. The second kappa shape index (κ2) is 7.72. The first kappa shape index (κ1) is 20.5. The van der Waals surface area contributed by atoms with Gasteiger partial charge in [0.2, 0.25) is 0 Å². The van der Waals surface area contributed by atoms with Crippen molar-refractivity contribution in [1.82, 2.24) is 39.1 Å². The van der Waals surface area contributed by atoms with Crippen molar-refractivity contribution < 1.29 is 0 Å². The molecule has 1 aliphatic rings. The van der Waals surface area contributed by atoms with Gasteiger partial charge in [-0.15, -0.1) is 5.10 Å². The Hall–Kier alpha value is -4.14. The molecule has 4 heterocycles. The van der Waals surface area contributed by atoms with Crippen molar-refractivity contribution in [3.63, 3.8) is 0 Å². The molecule has 6 rings (SSSR count). The van der Waals surface area contributed by atoms with Gasteiger partial charge in [-0.25, -0.2) is 15.0 Å². The molecule has 4 aromatic heterocycles. The first-order chi connectivity index (χ1) is 16.5. The lowest BCUT2D eigenvalue weighted by molar-refractivity contribution is 0.605. The van der Waals surface area contributed by atoms with Gasteiger partial charge in [0.15, 0.2) is 11.6 Å². The van der Waals surface area contributed by atoms with Crippen LogP contribution >= 0.6 is 0 Å². The SMILES string of the molecule is Cc1cc2nnn(-c3cccc(-c4nccn4C(C)C)n3)c(=O)c2cc1-n1cnc(C2CC2)c1. The Morgan fingerprint density at radius 3 is 2.76 bits per heavy atom. The van der Waals surface area contributed by atoms with E-state index < -0.39 is 0 Å². The highest BCUT2D eigenvalue weighted by molar-refractivity contribution is 5.81. The largest absolute Gasteiger partial charge is 0.327 e. The summed E-state index contributed by atoms with van der Waals surface area (Å²) in [6.45, 7) is 6.17. The third kappa shape index (κ3) is 3.40. The van der Waals surface area contributed by atoms with E-state index in [2.05, 4.69) is 45.3 Å². The number of imidazole rings is 2. The predicted octanol–water partition coefficient (Wildman–Crippen LogP) is 3.99. The summed E-state index contributed by atoms with van der Waals surface area (Å²) in [5.41, 5.74) is 3.96. The summed E-state index contributed by atoms with van der Waals surface area (Å²) in [6.07, 6.45) is 9.93. The van der Waals surface area contributed by atoms with E-state index in [4.69, 9.17) is 0 Å². The molecule has 0 bridgehead atoms. The number of hydrogen-bond acceptors (Lipinski definition) is 6. The van der Waals surface area contributed by atoms with Gasteiger partial charge in [-0.05, 0) is 63.4 Å². The quantitative estimate of drug-likeness (QED) is 0.400. The van der Waals surface area contributed by atoms with Crippen molar-refractivity contribution >= 4 is 10.9 Å². The number of aryl methyl sites for hydroxylation is 1. The van der Waals surface area contributed by atoms with E-state index in [0.717, 1.165) is 22.8 Å². The molecule has 0 amide bonds. The molecule has 0 N–H and O–H groups in total. The standard InChI is InChI=1S/C25H24N8O/c1-15(2)32-10-9-26-24(32)19-5-4-6-23(28-19)33-25(34)18-12-22(16(3)11-20(18)29-30-33)31-13-21(27-14-31)17-7-8-17/h4-6,9-15,17H,7-8H2,1-3H3. The molecule has 1 aromatic carbocycles. The number of aromatic nitrogens is 8. The van der Waals surface area contributed by atoms with E-state index in [1.165, 1.54) is 17.5 Å². The third-order valence-corrected chi connectivity index (χ3v) is 6.26. The van der Waals surface area contributed by atoms with Gasteiger partial charge in [-0.1, -0.05) is 11.3 Å². The molecule has 1 fully saturated rings. The number of hydrogen-bond donors (Lipinski definition) is 0. The monoisotopic (exact) mass is 452 g/mol. The molecule has 1 aliphatic carbocycles. The van der Waals surface area contributed by atoms with E-state index >= 15 is 0 Å². The van der Waals surface area contributed by atoms with Crippen molar-refractivity contribution in [3.05, 3.63) is 76.9 Å². The second-order valence-electron chi connectivity index (χ2n) is 9.08. The Morgan fingerprint density at radius 1 is 1.12 bits per heavy atom. The Bertz CT molecular complexity index is 1590. The lowest BCUT2D eigenvalue weighted by Crippen LogP contribution is -2.24. The molecule has 0 aliphatic heterocycles. The van der Waals surface area contributed by atoms with Crippen LogP contribution in [-0.2, 0) is 0 Å². The highest BCUT2D eigenvalue weighted by atomic mass is 16.1. The topological polar surface area (TPSA) is 96.3 Å².